The zero-order valence-corrected chi connectivity index (χ0v) is 15.6. The molecule has 1 aliphatic heterocycles. The number of benzene rings is 1. The molecule has 25 heavy (non-hydrogen) atoms. The molecule has 0 atom stereocenters. The van der Waals surface area contributed by atoms with Gasteiger partial charge in [0.05, 0.1) is 0 Å². The molecule has 4 nitrogen and oxygen atoms in total. The fourth-order valence-corrected chi connectivity index (χ4v) is 4.43. The average Bonchev–Trinajstić information content (AvgIpc) is 2.68. The van der Waals surface area contributed by atoms with E-state index in [-0.39, 0.29) is 5.92 Å². The van der Waals surface area contributed by atoms with Crippen molar-refractivity contribution in [3.05, 3.63) is 35.9 Å². The van der Waals surface area contributed by atoms with Crippen molar-refractivity contribution in [2.24, 2.45) is 17.6 Å². The van der Waals surface area contributed by atoms with Crippen LogP contribution in [0.15, 0.2) is 30.3 Å². The zero-order chi connectivity index (χ0) is 17.6. The highest BCUT2D eigenvalue weighted by Crippen LogP contribution is 2.30. The van der Waals surface area contributed by atoms with Crippen LogP contribution < -0.4 is 5.73 Å². The van der Waals surface area contributed by atoms with Gasteiger partial charge in [-0.25, -0.2) is 0 Å². The lowest BCUT2D eigenvalue weighted by atomic mass is 9.81. The van der Waals surface area contributed by atoms with Crippen LogP contribution in [-0.2, 0) is 11.3 Å². The molecule has 1 aromatic carbocycles. The standard InChI is InChI=1S/C21H33N3O/c1-23(16-18-5-3-2-4-6-18)20-11-13-24(14-12-20)21(25)19-9-7-17(15-22)8-10-19/h2-6,17,19-20H,7-16,22H2,1H3. The smallest absolute Gasteiger partial charge is 0.225 e. The monoisotopic (exact) mass is 343 g/mol. The summed E-state index contributed by atoms with van der Waals surface area (Å²) in [6.07, 6.45) is 6.51. The normalized spacial score (nSPS) is 25.3. The highest BCUT2D eigenvalue weighted by Gasteiger charge is 2.31. The lowest BCUT2D eigenvalue weighted by Gasteiger charge is -2.39. The quantitative estimate of drug-likeness (QED) is 0.894. The molecular weight excluding hydrogens is 310 g/mol. The van der Waals surface area contributed by atoms with Crippen molar-refractivity contribution in [3.63, 3.8) is 0 Å². The predicted octanol–water partition coefficient (Wildman–Crippen LogP) is 2.87. The fourth-order valence-electron chi connectivity index (χ4n) is 4.43. The molecule has 138 valence electrons. The number of nitrogens with two attached hydrogens (primary N) is 1. The van der Waals surface area contributed by atoms with Crippen LogP contribution in [0, 0.1) is 11.8 Å². The summed E-state index contributed by atoms with van der Waals surface area (Å²) in [5, 5.41) is 0. The summed E-state index contributed by atoms with van der Waals surface area (Å²) in [5.41, 5.74) is 7.13. The first-order chi connectivity index (χ1) is 12.2. The van der Waals surface area contributed by atoms with E-state index in [4.69, 9.17) is 5.73 Å². The van der Waals surface area contributed by atoms with Crippen molar-refractivity contribution >= 4 is 5.91 Å². The van der Waals surface area contributed by atoms with Crippen LogP contribution in [0.25, 0.3) is 0 Å². The van der Waals surface area contributed by atoms with Gasteiger partial charge in [-0.05, 0) is 63.6 Å². The van der Waals surface area contributed by atoms with Gasteiger partial charge in [0.2, 0.25) is 5.91 Å². The van der Waals surface area contributed by atoms with Crippen LogP contribution in [0.4, 0.5) is 0 Å². The van der Waals surface area contributed by atoms with Crippen LogP contribution in [0.5, 0.6) is 0 Å². The van der Waals surface area contributed by atoms with E-state index in [2.05, 4.69) is 47.2 Å². The maximum atomic E-state index is 12.8. The number of carbonyl (C=O) groups is 1. The van der Waals surface area contributed by atoms with Crippen LogP contribution in [0.1, 0.15) is 44.1 Å². The Kier molecular flexibility index (Phi) is 6.49. The van der Waals surface area contributed by atoms with Crippen molar-refractivity contribution in [1.82, 2.24) is 9.80 Å². The molecule has 4 heteroatoms. The molecule has 1 saturated heterocycles. The predicted molar refractivity (Wildman–Crippen MR) is 102 cm³/mol. The number of hydrogen-bond acceptors (Lipinski definition) is 3. The van der Waals surface area contributed by atoms with Crippen molar-refractivity contribution in [2.45, 2.75) is 51.1 Å². The first-order valence-corrected chi connectivity index (χ1v) is 9.90. The third kappa shape index (κ3) is 4.83. The molecule has 1 heterocycles. The number of likely N-dealkylation sites (tertiary alicyclic amines) is 1. The average molecular weight is 344 g/mol. The van der Waals surface area contributed by atoms with Crippen LogP contribution in [0.2, 0.25) is 0 Å². The van der Waals surface area contributed by atoms with Gasteiger partial charge in [-0.2, -0.15) is 0 Å². The minimum absolute atomic E-state index is 0.251. The van der Waals surface area contributed by atoms with Gasteiger partial charge < -0.3 is 10.6 Å². The zero-order valence-electron chi connectivity index (χ0n) is 15.6. The number of carbonyl (C=O) groups excluding carboxylic acids is 1. The second kappa shape index (κ2) is 8.81. The topological polar surface area (TPSA) is 49.6 Å². The maximum absolute atomic E-state index is 12.8. The number of piperidine rings is 1. The lowest BCUT2D eigenvalue weighted by Crippen LogP contribution is -2.47. The largest absolute Gasteiger partial charge is 0.342 e. The third-order valence-electron chi connectivity index (χ3n) is 6.20. The van der Waals surface area contributed by atoms with Gasteiger partial charge in [0.1, 0.15) is 0 Å². The second-order valence-corrected chi connectivity index (χ2v) is 7.91. The van der Waals surface area contributed by atoms with Crippen molar-refractivity contribution < 1.29 is 4.79 Å². The van der Waals surface area contributed by atoms with Crippen LogP contribution in [-0.4, -0.2) is 48.4 Å². The van der Waals surface area contributed by atoms with E-state index in [0.29, 0.717) is 17.9 Å². The Morgan fingerprint density at radius 1 is 1.08 bits per heavy atom. The molecule has 0 aromatic heterocycles. The first-order valence-electron chi connectivity index (χ1n) is 9.90. The molecule has 0 spiro atoms. The summed E-state index contributed by atoms with van der Waals surface area (Å²) in [4.78, 5) is 17.4. The number of rotatable bonds is 5. The lowest BCUT2D eigenvalue weighted by molar-refractivity contribution is -0.138. The van der Waals surface area contributed by atoms with E-state index in [0.717, 1.165) is 64.7 Å². The molecule has 1 saturated carbocycles. The van der Waals surface area contributed by atoms with Gasteiger partial charge >= 0.3 is 0 Å². The van der Waals surface area contributed by atoms with E-state index in [1.807, 2.05) is 0 Å². The number of amides is 1. The second-order valence-electron chi connectivity index (χ2n) is 7.91. The minimum atomic E-state index is 0.251. The molecule has 2 aliphatic rings. The van der Waals surface area contributed by atoms with Gasteiger partial charge in [0.25, 0.3) is 0 Å². The molecule has 2 N–H and O–H groups in total. The first kappa shape index (κ1) is 18.4. The molecule has 1 amide bonds. The summed E-state index contributed by atoms with van der Waals surface area (Å²) < 4.78 is 0. The molecular formula is C21H33N3O. The van der Waals surface area contributed by atoms with E-state index in [9.17, 15) is 4.79 Å². The van der Waals surface area contributed by atoms with Crippen molar-refractivity contribution in [3.8, 4) is 0 Å². The van der Waals surface area contributed by atoms with Gasteiger partial charge in [-0.1, -0.05) is 30.3 Å². The summed E-state index contributed by atoms with van der Waals surface area (Å²) in [5.74, 6) is 1.29. The Morgan fingerprint density at radius 2 is 1.72 bits per heavy atom. The van der Waals surface area contributed by atoms with Gasteiger partial charge in [0.15, 0.2) is 0 Å². The minimum Gasteiger partial charge on any atom is -0.342 e. The van der Waals surface area contributed by atoms with Crippen LogP contribution in [0.3, 0.4) is 0 Å². The Bertz CT molecular complexity index is 531. The molecule has 1 aromatic rings. The SMILES string of the molecule is CN(Cc1ccccc1)C1CCN(C(=O)C2CCC(CN)CC2)CC1. The fraction of sp³-hybridized carbons (Fsp3) is 0.667. The molecule has 2 fully saturated rings. The number of nitrogens with zero attached hydrogens (tertiary/aromatic N) is 2. The van der Waals surface area contributed by atoms with Crippen molar-refractivity contribution in [2.75, 3.05) is 26.7 Å². The number of hydrogen-bond donors (Lipinski definition) is 1. The molecule has 3 rings (SSSR count). The summed E-state index contributed by atoms with van der Waals surface area (Å²) in [7, 11) is 2.21. The van der Waals surface area contributed by atoms with E-state index < -0.39 is 0 Å². The third-order valence-corrected chi connectivity index (χ3v) is 6.20. The Morgan fingerprint density at radius 3 is 2.32 bits per heavy atom. The van der Waals surface area contributed by atoms with E-state index in [1.165, 1.54) is 5.56 Å². The molecule has 1 aliphatic carbocycles. The summed E-state index contributed by atoms with van der Waals surface area (Å²) in [6.45, 7) is 3.60. The molecule has 0 bridgehead atoms. The van der Waals surface area contributed by atoms with E-state index >= 15 is 0 Å². The summed E-state index contributed by atoms with van der Waals surface area (Å²) in [6, 6.07) is 11.2. The van der Waals surface area contributed by atoms with Crippen molar-refractivity contribution in [1.29, 1.82) is 0 Å². The Hall–Kier alpha value is -1.39. The highest BCUT2D eigenvalue weighted by molar-refractivity contribution is 5.79. The highest BCUT2D eigenvalue weighted by atomic mass is 16.2. The molecule has 0 radical (unpaired) electrons. The van der Waals surface area contributed by atoms with Gasteiger partial charge in [-0.3, -0.25) is 9.69 Å². The van der Waals surface area contributed by atoms with E-state index in [1.54, 1.807) is 0 Å². The Balaban J connectivity index is 1.44. The summed E-state index contributed by atoms with van der Waals surface area (Å²) >= 11 is 0. The molecule has 0 unspecified atom stereocenters. The maximum Gasteiger partial charge on any atom is 0.225 e. The van der Waals surface area contributed by atoms with Gasteiger partial charge in [0, 0.05) is 31.6 Å². The Labute approximate surface area is 152 Å². The van der Waals surface area contributed by atoms with Crippen LogP contribution >= 0.6 is 0 Å². The van der Waals surface area contributed by atoms with Gasteiger partial charge in [-0.15, -0.1) is 0 Å².